The van der Waals surface area contributed by atoms with Crippen LogP contribution in [0.2, 0.25) is 0 Å². The first kappa shape index (κ1) is 16.8. The minimum atomic E-state index is 0.0102. The molecule has 4 heteroatoms. The lowest BCUT2D eigenvalue weighted by Gasteiger charge is -2.29. The Bertz CT molecular complexity index is 826. The largest absolute Gasteiger partial charge is 0.378 e. The van der Waals surface area contributed by atoms with Crippen molar-refractivity contribution < 1.29 is 9.53 Å². The number of anilines is 2. The Labute approximate surface area is 160 Å². The normalized spacial score (nSPS) is 20.4. The number of fused-ring (bicyclic) bond motifs is 1. The molecule has 0 bridgehead atoms. The molecule has 3 aliphatic rings. The van der Waals surface area contributed by atoms with E-state index >= 15 is 0 Å². The van der Waals surface area contributed by atoms with E-state index in [0.717, 1.165) is 45.0 Å². The quantitative estimate of drug-likeness (QED) is 0.833. The van der Waals surface area contributed by atoms with Gasteiger partial charge in [-0.15, -0.1) is 0 Å². The van der Waals surface area contributed by atoms with E-state index in [9.17, 15) is 4.79 Å². The van der Waals surface area contributed by atoms with Crippen LogP contribution in [0.1, 0.15) is 29.9 Å². The smallest absolute Gasteiger partial charge is 0.234 e. The summed E-state index contributed by atoms with van der Waals surface area (Å²) in [7, 11) is 0. The van der Waals surface area contributed by atoms with Crippen molar-refractivity contribution in [2.45, 2.75) is 25.2 Å². The van der Waals surface area contributed by atoms with Gasteiger partial charge in [-0.05, 0) is 54.5 Å². The molecule has 2 heterocycles. The summed E-state index contributed by atoms with van der Waals surface area (Å²) in [4.78, 5) is 17.9. The lowest BCUT2D eigenvalue weighted by molar-refractivity contribution is -0.120. The maximum atomic E-state index is 13.5. The second-order valence-electron chi connectivity index (χ2n) is 7.88. The lowest BCUT2D eigenvalue weighted by atomic mass is 9.92. The topological polar surface area (TPSA) is 32.8 Å². The van der Waals surface area contributed by atoms with Gasteiger partial charge < -0.3 is 14.5 Å². The van der Waals surface area contributed by atoms with Gasteiger partial charge in [-0.3, -0.25) is 4.79 Å². The molecule has 1 atom stereocenters. The van der Waals surface area contributed by atoms with E-state index in [-0.39, 0.29) is 11.8 Å². The molecular formula is C23H26N2O2. The number of rotatable bonds is 4. The van der Waals surface area contributed by atoms with Gasteiger partial charge in [0.1, 0.15) is 0 Å². The van der Waals surface area contributed by atoms with Crippen LogP contribution in [0.4, 0.5) is 11.4 Å². The van der Waals surface area contributed by atoms with Crippen molar-refractivity contribution in [3.05, 3.63) is 59.7 Å². The van der Waals surface area contributed by atoms with Crippen molar-refractivity contribution in [2.75, 3.05) is 42.6 Å². The third-order valence-corrected chi connectivity index (χ3v) is 6.12. The summed E-state index contributed by atoms with van der Waals surface area (Å²) in [5.41, 5.74) is 4.84. The monoisotopic (exact) mass is 362 g/mol. The molecule has 0 spiro atoms. The van der Waals surface area contributed by atoms with Crippen LogP contribution in [-0.4, -0.2) is 38.8 Å². The molecule has 0 N–H and O–H groups in total. The number of ether oxygens (including phenoxy) is 1. The molecule has 0 aromatic heterocycles. The van der Waals surface area contributed by atoms with Gasteiger partial charge in [-0.1, -0.05) is 30.3 Å². The first-order valence-electron chi connectivity index (χ1n) is 10.1. The highest BCUT2D eigenvalue weighted by Gasteiger charge is 2.40. The van der Waals surface area contributed by atoms with Crippen LogP contribution >= 0.6 is 0 Å². The molecule has 4 nitrogen and oxygen atoms in total. The Kier molecular flexibility index (Phi) is 4.36. The van der Waals surface area contributed by atoms with Gasteiger partial charge in [0.25, 0.3) is 0 Å². The molecule has 5 rings (SSSR count). The molecule has 2 fully saturated rings. The van der Waals surface area contributed by atoms with Crippen LogP contribution in [0.25, 0.3) is 0 Å². The fourth-order valence-electron chi connectivity index (χ4n) is 4.51. The third kappa shape index (κ3) is 3.23. The number of amides is 1. The summed E-state index contributed by atoms with van der Waals surface area (Å²) in [5, 5.41) is 0. The summed E-state index contributed by atoms with van der Waals surface area (Å²) in [5.74, 6) is 0.800. The van der Waals surface area contributed by atoms with Gasteiger partial charge in [0, 0.05) is 31.0 Å². The van der Waals surface area contributed by atoms with E-state index in [1.807, 2.05) is 23.1 Å². The first-order chi connectivity index (χ1) is 13.3. The Morgan fingerprint density at radius 1 is 1.00 bits per heavy atom. The first-order valence-corrected chi connectivity index (χ1v) is 10.1. The molecular weight excluding hydrogens is 336 g/mol. The van der Waals surface area contributed by atoms with Crippen LogP contribution in [0, 0.1) is 5.92 Å². The molecule has 27 heavy (non-hydrogen) atoms. The fraction of sp³-hybridized carbons (Fsp3) is 0.435. The number of morpholine rings is 1. The second kappa shape index (κ2) is 7.01. The molecule has 2 aromatic rings. The number of benzene rings is 2. The molecule has 1 amide bonds. The van der Waals surface area contributed by atoms with E-state index in [0.29, 0.717) is 5.92 Å². The van der Waals surface area contributed by atoms with Crippen molar-refractivity contribution in [3.8, 4) is 0 Å². The molecule has 1 unspecified atom stereocenters. The number of nitrogens with zero attached hydrogens (tertiary/aromatic N) is 2. The average molecular weight is 362 g/mol. The zero-order chi connectivity index (χ0) is 18.2. The Morgan fingerprint density at radius 3 is 2.52 bits per heavy atom. The van der Waals surface area contributed by atoms with E-state index in [1.54, 1.807) is 0 Å². The van der Waals surface area contributed by atoms with E-state index in [2.05, 4.69) is 35.2 Å². The highest BCUT2D eigenvalue weighted by Crippen LogP contribution is 2.45. The number of hydrogen-bond acceptors (Lipinski definition) is 3. The average Bonchev–Trinajstić information content (AvgIpc) is 3.47. The Balaban J connectivity index is 1.40. The molecule has 0 radical (unpaired) electrons. The van der Waals surface area contributed by atoms with Gasteiger partial charge in [-0.2, -0.15) is 0 Å². The molecule has 2 aliphatic heterocycles. The molecule has 1 aliphatic carbocycles. The molecule has 1 saturated carbocycles. The Morgan fingerprint density at radius 2 is 1.78 bits per heavy atom. The van der Waals surface area contributed by atoms with Crippen LogP contribution in [0.15, 0.2) is 48.5 Å². The van der Waals surface area contributed by atoms with E-state index in [4.69, 9.17) is 4.74 Å². The minimum Gasteiger partial charge on any atom is -0.378 e. The predicted molar refractivity (Wildman–Crippen MR) is 107 cm³/mol. The molecule has 1 saturated heterocycles. The van der Waals surface area contributed by atoms with Crippen molar-refractivity contribution in [2.24, 2.45) is 5.92 Å². The van der Waals surface area contributed by atoms with Crippen LogP contribution in [-0.2, 0) is 16.0 Å². The van der Waals surface area contributed by atoms with Gasteiger partial charge >= 0.3 is 0 Å². The number of carbonyl (C=O) groups excluding carboxylic acids is 1. The molecule has 140 valence electrons. The van der Waals surface area contributed by atoms with Gasteiger partial charge in [-0.25, -0.2) is 0 Å². The zero-order valence-electron chi connectivity index (χ0n) is 15.6. The Hall–Kier alpha value is -2.33. The number of hydrogen-bond donors (Lipinski definition) is 0. The van der Waals surface area contributed by atoms with Crippen LogP contribution in [0.5, 0.6) is 0 Å². The standard InChI is InChI=1S/C23H26N2O2/c26-23(22(18-6-7-18)17-4-2-1-3-5-17)25-11-10-19-16-20(8-9-21(19)25)24-12-14-27-15-13-24/h1-5,8-9,16,18,22H,6-7,10-15H2. The van der Waals surface area contributed by atoms with Crippen LogP contribution < -0.4 is 9.80 Å². The summed E-state index contributed by atoms with van der Waals surface area (Å²) >= 11 is 0. The van der Waals surface area contributed by atoms with E-state index in [1.165, 1.54) is 29.7 Å². The van der Waals surface area contributed by atoms with Crippen molar-refractivity contribution in [1.82, 2.24) is 0 Å². The maximum absolute atomic E-state index is 13.5. The third-order valence-electron chi connectivity index (χ3n) is 6.12. The van der Waals surface area contributed by atoms with Crippen molar-refractivity contribution in [1.29, 1.82) is 0 Å². The fourth-order valence-corrected chi connectivity index (χ4v) is 4.51. The SMILES string of the molecule is O=C(C(c1ccccc1)C1CC1)N1CCc2cc(N3CCOCC3)ccc21. The second-order valence-corrected chi connectivity index (χ2v) is 7.88. The van der Waals surface area contributed by atoms with Gasteiger partial charge in [0.15, 0.2) is 0 Å². The zero-order valence-corrected chi connectivity index (χ0v) is 15.6. The minimum absolute atomic E-state index is 0.0102. The van der Waals surface area contributed by atoms with Gasteiger partial charge in [0.05, 0.1) is 19.1 Å². The summed E-state index contributed by atoms with van der Waals surface area (Å²) in [6, 6.07) is 16.9. The van der Waals surface area contributed by atoms with E-state index < -0.39 is 0 Å². The van der Waals surface area contributed by atoms with Crippen molar-refractivity contribution >= 4 is 17.3 Å². The highest BCUT2D eigenvalue weighted by atomic mass is 16.5. The summed E-state index contributed by atoms with van der Waals surface area (Å²) < 4.78 is 5.46. The van der Waals surface area contributed by atoms with Crippen molar-refractivity contribution in [3.63, 3.8) is 0 Å². The molecule has 2 aromatic carbocycles. The number of carbonyl (C=O) groups is 1. The maximum Gasteiger partial charge on any atom is 0.234 e. The summed E-state index contributed by atoms with van der Waals surface area (Å²) in [6.07, 6.45) is 3.29. The van der Waals surface area contributed by atoms with Gasteiger partial charge in [0.2, 0.25) is 5.91 Å². The summed E-state index contributed by atoms with van der Waals surface area (Å²) in [6.45, 7) is 4.28. The van der Waals surface area contributed by atoms with Crippen LogP contribution in [0.3, 0.4) is 0 Å². The lowest BCUT2D eigenvalue weighted by Crippen LogP contribution is -2.36. The predicted octanol–water partition coefficient (Wildman–Crippen LogP) is 3.61. The highest BCUT2D eigenvalue weighted by molar-refractivity contribution is 6.00.